The fourth-order valence-electron chi connectivity index (χ4n) is 2.96. The van der Waals surface area contributed by atoms with E-state index in [4.69, 9.17) is 9.47 Å². The van der Waals surface area contributed by atoms with Crippen LogP contribution < -0.4 is 10.1 Å². The minimum atomic E-state index is -1.29. The molecular formula is C17H17N5O6. The van der Waals surface area contributed by atoms with Gasteiger partial charge in [0.1, 0.15) is 30.4 Å². The molecule has 1 saturated heterocycles. The lowest BCUT2D eigenvalue weighted by Crippen LogP contribution is -2.33. The lowest BCUT2D eigenvalue weighted by molar-refractivity contribution is -0.0511. The molecule has 0 spiro atoms. The Morgan fingerprint density at radius 3 is 2.68 bits per heavy atom. The van der Waals surface area contributed by atoms with Gasteiger partial charge in [-0.3, -0.25) is 9.88 Å². The Bertz CT molecular complexity index is 981. The van der Waals surface area contributed by atoms with E-state index in [-0.39, 0.29) is 17.0 Å². The summed E-state index contributed by atoms with van der Waals surface area (Å²) in [5.74, 6) is 0.471. The number of carbonyl (C=O) groups excluding carboxylic acids is 1. The summed E-state index contributed by atoms with van der Waals surface area (Å²) in [6.07, 6.45) is -2.69. The first-order valence-corrected chi connectivity index (χ1v) is 8.42. The number of carbonyl (C=O) groups is 1. The zero-order valence-electron chi connectivity index (χ0n) is 14.4. The normalized spacial score (nSPS) is 24.4. The van der Waals surface area contributed by atoms with Gasteiger partial charge < -0.3 is 24.8 Å². The number of hydrogen-bond donors (Lipinski definition) is 4. The third-order valence-corrected chi connectivity index (χ3v) is 4.32. The summed E-state index contributed by atoms with van der Waals surface area (Å²) >= 11 is 0. The minimum absolute atomic E-state index is 0.108. The zero-order chi connectivity index (χ0) is 19.7. The summed E-state index contributed by atoms with van der Waals surface area (Å²) in [5, 5.41) is 31.9. The fourth-order valence-corrected chi connectivity index (χ4v) is 2.96. The lowest BCUT2D eigenvalue weighted by Gasteiger charge is -2.16. The van der Waals surface area contributed by atoms with Gasteiger partial charge in [0, 0.05) is 0 Å². The number of benzene rings is 1. The molecule has 0 radical (unpaired) electrons. The molecule has 1 fully saturated rings. The zero-order valence-corrected chi connectivity index (χ0v) is 14.4. The van der Waals surface area contributed by atoms with Crippen molar-refractivity contribution in [1.29, 1.82) is 0 Å². The molecule has 3 heterocycles. The van der Waals surface area contributed by atoms with Crippen LogP contribution in [0, 0.1) is 0 Å². The molecule has 1 aliphatic heterocycles. The van der Waals surface area contributed by atoms with Gasteiger partial charge >= 0.3 is 6.09 Å². The van der Waals surface area contributed by atoms with Crippen LogP contribution in [0.25, 0.3) is 11.2 Å². The highest BCUT2D eigenvalue weighted by Gasteiger charge is 2.44. The SMILES string of the molecule is O=C(Nc1ncnc2c1ncn2[C@@H]1O[C@H](CO)[C@@H](O)[C@H]1O)Oc1ccccc1. The van der Waals surface area contributed by atoms with Gasteiger partial charge in [0.15, 0.2) is 23.2 Å². The molecule has 1 amide bonds. The van der Waals surface area contributed by atoms with Gasteiger partial charge in [-0.25, -0.2) is 19.7 Å². The van der Waals surface area contributed by atoms with E-state index < -0.39 is 37.2 Å². The van der Waals surface area contributed by atoms with E-state index in [9.17, 15) is 20.1 Å². The predicted octanol–water partition coefficient (Wildman–Crippen LogP) is 0.0487. The number of nitrogens with one attached hydrogen (secondary N) is 1. The van der Waals surface area contributed by atoms with Crippen LogP contribution in [0.5, 0.6) is 5.75 Å². The van der Waals surface area contributed by atoms with Crippen LogP contribution in [0.15, 0.2) is 43.0 Å². The molecule has 0 aliphatic carbocycles. The Morgan fingerprint density at radius 2 is 1.96 bits per heavy atom. The Hall–Kier alpha value is -3.12. The van der Waals surface area contributed by atoms with Crippen LogP contribution in [-0.4, -0.2) is 65.9 Å². The van der Waals surface area contributed by atoms with Crippen molar-refractivity contribution in [1.82, 2.24) is 19.5 Å². The van der Waals surface area contributed by atoms with E-state index >= 15 is 0 Å². The number of imidazole rings is 1. The summed E-state index contributed by atoms with van der Waals surface area (Å²) in [5.41, 5.74) is 0.505. The Kier molecular flexibility index (Phi) is 4.88. The highest BCUT2D eigenvalue weighted by molar-refractivity contribution is 5.94. The molecule has 11 nitrogen and oxygen atoms in total. The number of amides is 1. The van der Waals surface area contributed by atoms with Gasteiger partial charge in [0.05, 0.1) is 12.9 Å². The number of aliphatic hydroxyl groups is 3. The van der Waals surface area contributed by atoms with Crippen molar-refractivity contribution < 1.29 is 29.6 Å². The largest absolute Gasteiger partial charge is 0.418 e. The number of aliphatic hydroxyl groups excluding tert-OH is 3. The third kappa shape index (κ3) is 3.27. The monoisotopic (exact) mass is 387 g/mol. The lowest BCUT2D eigenvalue weighted by atomic mass is 10.1. The number of ether oxygens (including phenoxy) is 2. The van der Waals surface area contributed by atoms with Crippen molar-refractivity contribution in [2.45, 2.75) is 24.5 Å². The topological polar surface area (TPSA) is 152 Å². The number of hydrogen-bond acceptors (Lipinski definition) is 9. The van der Waals surface area contributed by atoms with Gasteiger partial charge in [-0.15, -0.1) is 0 Å². The number of fused-ring (bicyclic) bond motifs is 1. The molecule has 0 bridgehead atoms. The van der Waals surface area contributed by atoms with Crippen LogP contribution >= 0.6 is 0 Å². The summed E-state index contributed by atoms with van der Waals surface area (Å²) in [6.45, 7) is -0.450. The van der Waals surface area contributed by atoms with E-state index in [0.29, 0.717) is 5.75 Å². The summed E-state index contributed by atoms with van der Waals surface area (Å²) in [7, 11) is 0. The van der Waals surface area contributed by atoms with Gasteiger partial charge in [0.2, 0.25) is 0 Å². The van der Waals surface area contributed by atoms with E-state index in [1.807, 2.05) is 0 Å². The molecular weight excluding hydrogens is 370 g/mol. The molecule has 3 aromatic rings. The highest BCUT2D eigenvalue weighted by Crippen LogP contribution is 2.32. The van der Waals surface area contributed by atoms with Crippen LogP contribution in [0.3, 0.4) is 0 Å². The van der Waals surface area contributed by atoms with Crippen molar-refractivity contribution in [3.05, 3.63) is 43.0 Å². The van der Waals surface area contributed by atoms with Crippen LogP contribution in [0.1, 0.15) is 6.23 Å². The number of para-hydroxylation sites is 1. The van der Waals surface area contributed by atoms with Crippen molar-refractivity contribution >= 4 is 23.1 Å². The van der Waals surface area contributed by atoms with Gasteiger partial charge in [0.25, 0.3) is 0 Å². The molecule has 11 heteroatoms. The number of anilines is 1. The molecule has 1 aromatic carbocycles. The molecule has 28 heavy (non-hydrogen) atoms. The number of rotatable bonds is 4. The molecule has 146 valence electrons. The molecule has 0 saturated carbocycles. The van der Waals surface area contributed by atoms with E-state index in [1.54, 1.807) is 30.3 Å². The highest BCUT2D eigenvalue weighted by atomic mass is 16.6. The summed E-state index contributed by atoms with van der Waals surface area (Å²) in [6, 6.07) is 8.52. The van der Waals surface area contributed by atoms with Crippen molar-refractivity contribution in [2.75, 3.05) is 11.9 Å². The van der Waals surface area contributed by atoms with Crippen LogP contribution in [0.2, 0.25) is 0 Å². The first-order chi connectivity index (χ1) is 13.6. The summed E-state index contributed by atoms with van der Waals surface area (Å²) in [4.78, 5) is 24.4. The molecule has 1 aliphatic rings. The van der Waals surface area contributed by atoms with Crippen molar-refractivity contribution in [3.63, 3.8) is 0 Å². The quantitative estimate of drug-likeness (QED) is 0.486. The Morgan fingerprint density at radius 1 is 1.18 bits per heavy atom. The maximum Gasteiger partial charge on any atom is 0.418 e. The van der Waals surface area contributed by atoms with Crippen molar-refractivity contribution in [3.8, 4) is 5.75 Å². The second-order valence-corrected chi connectivity index (χ2v) is 6.10. The average Bonchev–Trinajstić information content (AvgIpc) is 3.25. The number of aromatic nitrogens is 4. The molecule has 4 atom stereocenters. The van der Waals surface area contributed by atoms with E-state index in [2.05, 4.69) is 20.3 Å². The first kappa shape index (κ1) is 18.3. The smallest absolute Gasteiger partial charge is 0.410 e. The fraction of sp³-hybridized carbons (Fsp3) is 0.294. The van der Waals surface area contributed by atoms with E-state index in [0.717, 1.165) is 0 Å². The van der Waals surface area contributed by atoms with Crippen molar-refractivity contribution in [2.24, 2.45) is 0 Å². The summed E-state index contributed by atoms with van der Waals surface area (Å²) < 4.78 is 12.0. The third-order valence-electron chi connectivity index (χ3n) is 4.32. The second kappa shape index (κ2) is 7.48. The van der Waals surface area contributed by atoms with Gasteiger partial charge in [-0.1, -0.05) is 18.2 Å². The standard InChI is InChI=1S/C17H17N5O6/c23-6-10-12(24)13(25)16(28-10)22-8-20-11-14(18-7-19-15(11)22)21-17(26)27-9-4-2-1-3-5-9/h1-5,7-8,10,12-13,16,23-25H,6H2,(H,18,19,21,26)/t10-,12-,13-,16-/m1/s1. The van der Waals surface area contributed by atoms with Crippen LogP contribution in [0.4, 0.5) is 10.6 Å². The Labute approximate surface area is 158 Å². The van der Waals surface area contributed by atoms with E-state index in [1.165, 1.54) is 17.2 Å². The predicted molar refractivity (Wildman–Crippen MR) is 94.4 cm³/mol. The molecule has 4 rings (SSSR count). The maximum absolute atomic E-state index is 12.1. The van der Waals surface area contributed by atoms with Gasteiger partial charge in [-0.05, 0) is 12.1 Å². The molecule has 4 N–H and O–H groups in total. The maximum atomic E-state index is 12.1. The molecule has 2 aromatic heterocycles. The van der Waals surface area contributed by atoms with Gasteiger partial charge in [-0.2, -0.15) is 0 Å². The molecule has 0 unspecified atom stereocenters. The first-order valence-electron chi connectivity index (χ1n) is 8.42. The second-order valence-electron chi connectivity index (χ2n) is 6.10. The van der Waals surface area contributed by atoms with Crippen LogP contribution in [-0.2, 0) is 4.74 Å². The average molecular weight is 387 g/mol. The minimum Gasteiger partial charge on any atom is -0.410 e. The Balaban J connectivity index is 1.58. The number of nitrogens with zero attached hydrogens (tertiary/aromatic N) is 4.